The summed E-state index contributed by atoms with van der Waals surface area (Å²) in [4.78, 5) is 11.8. The van der Waals surface area contributed by atoms with Crippen LogP contribution in [0.15, 0.2) is 34.9 Å². The third kappa shape index (κ3) is 6.02. The quantitative estimate of drug-likeness (QED) is 0.730. The first-order chi connectivity index (χ1) is 11.2. The molecular formula is C17H23N3O3. The van der Waals surface area contributed by atoms with E-state index in [4.69, 9.17) is 9.26 Å². The molecule has 0 bridgehead atoms. The van der Waals surface area contributed by atoms with Gasteiger partial charge in [0.1, 0.15) is 11.5 Å². The fraction of sp³-hybridized carbons (Fsp3) is 0.412. The minimum absolute atomic E-state index is 0.249. The molecule has 0 aliphatic carbocycles. The van der Waals surface area contributed by atoms with Crippen molar-refractivity contribution in [1.29, 1.82) is 0 Å². The van der Waals surface area contributed by atoms with Gasteiger partial charge in [-0.05, 0) is 37.6 Å². The van der Waals surface area contributed by atoms with Crippen LogP contribution < -0.4 is 15.4 Å². The predicted molar refractivity (Wildman–Crippen MR) is 88.8 cm³/mol. The van der Waals surface area contributed by atoms with Gasteiger partial charge in [0.05, 0.1) is 12.3 Å². The summed E-state index contributed by atoms with van der Waals surface area (Å²) >= 11 is 0. The lowest BCUT2D eigenvalue weighted by Gasteiger charge is -2.08. The van der Waals surface area contributed by atoms with Gasteiger partial charge in [0.15, 0.2) is 0 Å². The van der Waals surface area contributed by atoms with Gasteiger partial charge >= 0.3 is 6.03 Å². The summed E-state index contributed by atoms with van der Waals surface area (Å²) in [6, 6.07) is 8.95. The second-order valence-electron chi connectivity index (χ2n) is 5.29. The largest absolute Gasteiger partial charge is 0.494 e. The van der Waals surface area contributed by atoms with E-state index in [1.54, 1.807) is 0 Å². The Morgan fingerprint density at radius 3 is 2.74 bits per heavy atom. The first-order valence-electron chi connectivity index (χ1n) is 7.87. The highest BCUT2D eigenvalue weighted by molar-refractivity contribution is 5.89. The molecule has 1 aromatic carbocycles. The molecule has 6 heteroatoms. The molecule has 2 N–H and O–H groups in total. The molecule has 0 saturated carbocycles. The highest BCUT2D eigenvalue weighted by Crippen LogP contribution is 2.15. The standard InChI is InChI=1S/C17H23N3O3/c1-3-4-11-22-15-7-5-14(6-8-15)19-17(21)18-10-9-16-12-13(2)20-23-16/h5-8,12H,3-4,9-11H2,1-2H3,(H2,18,19,21). The molecule has 0 atom stereocenters. The van der Waals surface area contributed by atoms with Crippen molar-refractivity contribution in [2.45, 2.75) is 33.1 Å². The van der Waals surface area contributed by atoms with Crippen molar-refractivity contribution in [3.63, 3.8) is 0 Å². The van der Waals surface area contributed by atoms with E-state index in [1.807, 2.05) is 37.3 Å². The lowest BCUT2D eigenvalue weighted by atomic mass is 10.3. The number of hydrogen-bond donors (Lipinski definition) is 2. The number of unbranched alkanes of at least 4 members (excludes halogenated alkanes) is 1. The zero-order chi connectivity index (χ0) is 16.5. The van der Waals surface area contributed by atoms with Gasteiger partial charge in [0.2, 0.25) is 0 Å². The first-order valence-corrected chi connectivity index (χ1v) is 7.87. The molecule has 1 heterocycles. The number of aromatic nitrogens is 1. The number of anilines is 1. The Hall–Kier alpha value is -2.50. The van der Waals surface area contributed by atoms with Crippen LogP contribution in [0.3, 0.4) is 0 Å². The summed E-state index contributed by atoms with van der Waals surface area (Å²) in [5, 5.41) is 9.35. The van der Waals surface area contributed by atoms with Gasteiger partial charge in [-0.3, -0.25) is 0 Å². The summed E-state index contributed by atoms with van der Waals surface area (Å²) in [6.07, 6.45) is 2.75. The van der Waals surface area contributed by atoms with Gasteiger partial charge in [0.25, 0.3) is 0 Å². The summed E-state index contributed by atoms with van der Waals surface area (Å²) in [5.74, 6) is 1.57. The fourth-order valence-corrected chi connectivity index (χ4v) is 1.98. The maximum atomic E-state index is 11.8. The number of amides is 2. The van der Waals surface area contributed by atoms with Crippen LogP contribution in [0.25, 0.3) is 0 Å². The molecule has 0 spiro atoms. The van der Waals surface area contributed by atoms with E-state index in [-0.39, 0.29) is 6.03 Å². The molecule has 2 aromatic rings. The number of carbonyl (C=O) groups excluding carboxylic acids is 1. The van der Waals surface area contributed by atoms with E-state index in [0.717, 1.165) is 35.7 Å². The number of carbonyl (C=O) groups is 1. The highest BCUT2D eigenvalue weighted by Gasteiger charge is 2.04. The highest BCUT2D eigenvalue weighted by atomic mass is 16.5. The van der Waals surface area contributed by atoms with Gasteiger partial charge in [0, 0.05) is 24.7 Å². The van der Waals surface area contributed by atoms with Crippen molar-refractivity contribution >= 4 is 11.7 Å². The van der Waals surface area contributed by atoms with Gasteiger partial charge in [-0.2, -0.15) is 0 Å². The molecule has 1 aromatic heterocycles. The molecule has 124 valence electrons. The molecule has 0 aliphatic heterocycles. The molecule has 0 saturated heterocycles. The van der Waals surface area contributed by atoms with Crippen LogP contribution in [-0.2, 0) is 6.42 Å². The van der Waals surface area contributed by atoms with Crippen molar-refractivity contribution < 1.29 is 14.1 Å². The van der Waals surface area contributed by atoms with E-state index >= 15 is 0 Å². The number of aryl methyl sites for hydroxylation is 1. The second-order valence-corrected chi connectivity index (χ2v) is 5.29. The second kappa shape index (κ2) is 8.82. The SMILES string of the molecule is CCCCOc1ccc(NC(=O)NCCc2cc(C)no2)cc1. The van der Waals surface area contributed by atoms with Crippen LogP contribution in [0, 0.1) is 6.92 Å². The minimum Gasteiger partial charge on any atom is -0.494 e. The Morgan fingerprint density at radius 1 is 1.30 bits per heavy atom. The number of nitrogens with zero attached hydrogens (tertiary/aromatic N) is 1. The number of hydrogen-bond acceptors (Lipinski definition) is 4. The van der Waals surface area contributed by atoms with Gasteiger partial charge in [-0.25, -0.2) is 4.79 Å². The first kappa shape index (κ1) is 16.9. The minimum atomic E-state index is -0.249. The van der Waals surface area contributed by atoms with Crippen molar-refractivity contribution in [3.05, 3.63) is 41.8 Å². The Balaban J connectivity index is 1.70. The zero-order valence-electron chi connectivity index (χ0n) is 13.6. The smallest absolute Gasteiger partial charge is 0.319 e. The van der Waals surface area contributed by atoms with E-state index in [9.17, 15) is 4.79 Å². The molecule has 0 fully saturated rings. The van der Waals surface area contributed by atoms with Crippen LogP contribution >= 0.6 is 0 Å². The van der Waals surface area contributed by atoms with Crippen LogP contribution in [-0.4, -0.2) is 24.3 Å². The predicted octanol–water partition coefficient (Wildman–Crippen LogP) is 3.53. The van der Waals surface area contributed by atoms with E-state index < -0.39 is 0 Å². The molecule has 6 nitrogen and oxygen atoms in total. The topological polar surface area (TPSA) is 76.4 Å². The maximum Gasteiger partial charge on any atom is 0.319 e. The number of ether oxygens (including phenoxy) is 1. The van der Waals surface area contributed by atoms with Crippen LogP contribution in [0.2, 0.25) is 0 Å². The molecule has 0 unspecified atom stereocenters. The average molecular weight is 317 g/mol. The molecule has 2 rings (SSSR count). The van der Waals surface area contributed by atoms with Crippen LogP contribution in [0.1, 0.15) is 31.2 Å². The summed E-state index contributed by atoms with van der Waals surface area (Å²) in [5.41, 5.74) is 1.56. The van der Waals surface area contributed by atoms with Crippen LogP contribution in [0.4, 0.5) is 10.5 Å². The van der Waals surface area contributed by atoms with Gasteiger partial charge in [-0.1, -0.05) is 18.5 Å². The van der Waals surface area contributed by atoms with Crippen molar-refractivity contribution in [3.8, 4) is 5.75 Å². The third-order valence-corrected chi connectivity index (χ3v) is 3.21. The van der Waals surface area contributed by atoms with Crippen LogP contribution in [0.5, 0.6) is 5.75 Å². The summed E-state index contributed by atoms with van der Waals surface area (Å²) < 4.78 is 10.7. The van der Waals surface area contributed by atoms with Crippen molar-refractivity contribution in [1.82, 2.24) is 10.5 Å². The van der Waals surface area contributed by atoms with E-state index in [2.05, 4.69) is 22.7 Å². The molecule has 0 radical (unpaired) electrons. The number of benzene rings is 1. The Bertz CT molecular complexity index is 608. The monoisotopic (exact) mass is 317 g/mol. The van der Waals surface area contributed by atoms with Crippen molar-refractivity contribution in [2.75, 3.05) is 18.5 Å². The van der Waals surface area contributed by atoms with E-state index in [0.29, 0.717) is 19.6 Å². The zero-order valence-corrected chi connectivity index (χ0v) is 13.6. The number of urea groups is 1. The average Bonchev–Trinajstić information content (AvgIpc) is 2.95. The molecule has 0 aliphatic rings. The Labute approximate surface area is 136 Å². The third-order valence-electron chi connectivity index (χ3n) is 3.21. The van der Waals surface area contributed by atoms with Crippen molar-refractivity contribution in [2.24, 2.45) is 0 Å². The Morgan fingerprint density at radius 2 is 2.09 bits per heavy atom. The molecule has 23 heavy (non-hydrogen) atoms. The Kier molecular flexibility index (Phi) is 6.47. The lowest BCUT2D eigenvalue weighted by molar-refractivity contribution is 0.252. The van der Waals surface area contributed by atoms with Gasteiger partial charge < -0.3 is 19.9 Å². The number of rotatable bonds is 8. The van der Waals surface area contributed by atoms with E-state index in [1.165, 1.54) is 0 Å². The van der Waals surface area contributed by atoms with Gasteiger partial charge in [-0.15, -0.1) is 0 Å². The molecular weight excluding hydrogens is 294 g/mol. The summed E-state index contributed by atoms with van der Waals surface area (Å²) in [6.45, 7) is 5.19. The fourth-order valence-electron chi connectivity index (χ4n) is 1.98. The molecule has 2 amide bonds. The lowest BCUT2D eigenvalue weighted by Crippen LogP contribution is -2.30. The number of nitrogens with one attached hydrogen (secondary N) is 2. The normalized spacial score (nSPS) is 10.3. The summed E-state index contributed by atoms with van der Waals surface area (Å²) in [7, 11) is 0. The maximum absolute atomic E-state index is 11.8.